The van der Waals surface area contributed by atoms with Crippen LogP contribution >= 0.6 is 0 Å². The monoisotopic (exact) mass is 409 g/mol. The number of hydrogen-bond donors (Lipinski definition) is 0. The lowest BCUT2D eigenvalue weighted by Gasteiger charge is -2.45. The van der Waals surface area contributed by atoms with Gasteiger partial charge in [0.15, 0.2) is 0 Å². The Bertz CT molecular complexity index is 906. The predicted octanol–water partition coefficient (Wildman–Crippen LogP) is 2.23. The fourth-order valence-corrected chi connectivity index (χ4v) is 5.30. The van der Waals surface area contributed by atoms with Crippen molar-refractivity contribution in [2.45, 2.75) is 44.7 Å². The zero-order valence-corrected chi connectivity index (χ0v) is 17.8. The number of hydrogen-bond acceptors (Lipinski definition) is 6. The van der Waals surface area contributed by atoms with Crippen LogP contribution in [0.5, 0.6) is 0 Å². The van der Waals surface area contributed by atoms with E-state index in [1.54, 1.807) is 6.33 Å². The number of fused-ring (bicyclic) bond motifs is 1. The molecular formula is C23H31N5O2. The number of aromatic nitrogens is 2. The second-order valence-electron chi connectivity index (χ2n) is 8.72. The lowest BCUT2D eigenvalue weighted by Crippen LogP contribution is -2.59. The SMILES string of the molecule is Cc1cccc2c(N3CCN([C@H]4CCCN(C5CCOCC5)C4=O)CC3)ncnc12. The van der Waals surface area contributed by atoms with Gasteiger partial charge < -0.3 is 14.5 Å². The lowest BCUT2D eigenvalue weighted by atomic mass is 9.97. The summed E-state index contributed by atoms with van der Waals surface area (Å²) in [6.07, 6.45) is 5.71. The van der Waals surface area contributed by atoms with Crippen molar-refractivity contribution in [3.8, 4) is 0 Å². The van der Waals surface area contributed by atoms with Gasteiger partial charge in [0.25, 0.3) is 0 Å². The summed E-state index contributed by atoms with van der Waals surface area (Å²) in [5.74, 6) is 1.35. The molecule has 0 bridgehead atoms. The van der Waals surface area contributed by atoms with Gasteiger partial charge in [-0.2, -0.15) is 0 Å². The van der Waals surface area contributed by atoms with Crippen LogP contribution in [0.25, 0.3) is 10.9 Å². The largest absolute Gasteiger partial charge is 0.381 e. The van der Waals surface area contributed by atoms with Crippen molar-refractivity contribution in [1.82, 2.24) is 19.8 Å². The van der Waals surface area contributed by atoms with Crippen LogP contribution in [-0.2, 0) is 9.53 Å². The van der Waals surface area contributed by atoms with Gasteiger partial charge in [-0.25, -0.2) is 9.97 Å². The number of likely N-dealkylation sites (tertiary alicyclic amines) is 1. The highest BCUT2D eigenvalue weighted by atomic mass is 16.5. The number of benzene rings is 1. The number of carbonyl (C=O) groups is 1. The van der Waals surface area contributed by atoms with Gasteiger partial charge in [0.2, 0.25) is 5.91 Å². The van der Waals surface area contributed by atoms with Crippen molar-refractivity contribution in [2.24, 2.45) is 0 Å². The lowest BCUT2D eigenvalue weighted by molar-refractivity contribution is -0.145. The van der Waals surface area contributed by atoms with Gasteiger partial charge in [0.1, 0.15) is 12.1 Å². The maximum absolute atomic E-state index is 13.3. The van der Waals surface area contributed by atoms with Crippen LogP contribution in [0, 0.1) is 6.92 Å². The number of rotatable bonds is 3. The summed E-state index contributed by atoms with van der Waals surface area (Å²) in [4.78, 5) is 29.3. The Hall–Kier alpha value is -2.25. The summed E-state index contributed by atoms with van der Waals surface area (Å²) < 4.78 is 5.50. The molecule has 0 saturated carbocycles. The summed E-state index contributed by atoms with van der Waals surface area (Å²) in [5.41, 5.74) is 2.20. The van der Waals surface area contributed by atoms with E-state index in [1.807, 2.05) is 0 Å². The molecule has 0 N–H and O–H groups in total. The van der Waals surface area contributed by atoms with Crippen LogP contribution in [-0.4, -0.2) is 83.7 Å². The minimum Gasteiger partial charge on any atom is -0.381 e. The van der Waals surface area contributed by atoms with E-state index in [4.69, 9.17) is 4.74 Å². The predicted molar refractivity (Wildman–Crippen MR) is 117 cm³/mol. The summed E-state index contributed by atoms with van der Waals surface area (Å²) in [6, 6.07) is 6.68. The molecule has 1 aromatic heterocycles. The van der Waals surface area contributed by atoms with E-state index < -0.39 is 0 Å². The van der Waals surface area contributed by atoms with Crippen LogP contribution < -0.4 is 4.90 Å². The first-order valence-electron chi connectivity index (χ1n) is 11.3. The summed E-state index contributed by atoms with van der Waals surface area (Å²) in [7, 11) is 0. The minimum atomic E-state index is 0.0353. The van der Waals surface area contributed by atoms with Gasteiger partial charge in [0, 0.05) is 57.4 Å². The molecule has 1 aromatic carbocycles. The number of carbonyl (C=O) groups excluding carboxylic acids is 1. The first-order chi connectivity index (χ1) is 14.7. The number of aryl methyl sites for hydroxylation is 1. The third-order valence-electron chi connectivity index (χ3n) is 6.98. The molecule has 160 valence electrons. The highest BCUT2D eigenvalue weighted by Gasteiger charge is 2.38. The van der Waals surface area contributed by atoms with Crippen molar-refractivity contribution in [1.29, 1.82) is 0 Å². The maximum Gasteiger partial charge on any atom is 0.240 e. The van der Waals surface area contributed by atoms with E-state index in [-0.39, 0.29) is 6.04 Å². The zero-order chi connectivity index (χ0) is 20.5. The van der Waals surface area contributed by atoms with Gasteiger partial charge in [-0.15, -0.1) is 0 Å². The van der Waals surface area contributed by atoms with Gasteiger partial charge >= 0.3 is 0 Å². The van der Waals surface area contributed by atoms with Crippen molar-refractivity contribution in [3.63, 3.8) is 0 Å². The first-order valence-corrected chi connectivity index (χ1v) is 11.3. The summed E-state index contributed by atoms with van der Waals surface area (Å²) >= 11 is 0. The number of piperazine rings is 1. The second kappa shape index (κ2) is 8.47. The molecule has 7 nitrogen and oxygen atoms in total. The molecule has 0 aliphatic carbocycles. The van der Waals surface area contributed by atoms with Gasteiger partial charge in [-0.3, -0.25) is 9.69 Å². The summed E-state index contributed by atoms with van der Waals surface area (Å²) in [5, 5.41) is 1.12. The molecule has 0 unspecified atom stereocenters. The molecule has 3 saturated heterocycles. The number of para-hydroxylation sites is 1. The Labute approximate surface area is 178 Å². The first kappa shape index (κ1) is 19.7. The highest BCUT2D eigenvalue weighted by molar-refractivity contribution is 5.91. The minimum absolute atomic E-state index is 0.0353. The molecule has 2 aromatic rings. The molecule has 1 amide bonds. The van der Waals surface area contributed by atoms with Crippen molar-refractivity contribution in [2.75, 3.05) is 50.8 Å². The van der Waals surface area contributed by atoms with Crippen molar-refractivity contribution < 1.29 is 9.53 Å². The van der Waals surface area contributed by atoms with Crippen LogP contribution in [0.3, 0.4) is 0 Å². The number of anilines is 1. The molecule has 30 heavy (non-hydrogen) atoms. The average Bonchev–Trinajstić information content (AvgIpc) is 2.80. The molecule has 3 fully saturated rings. The van der Waals surface area contributed by atoms with E-state index in [0.717, 1.165) is 88.3 Å². The Morgan fingerprint density at radius 2 is 1.80 bits per heavy atom. The van der Waals surface area contributed by atoms with Crippen LogP contribution in [0.4, 0.5) is 5.82 Å². The topological polar surface area (TPSA) is 61.8 Å². The van der Waals surface area contributed by atoms with Crippen LogP contribution in [0.1, 0.15) is 31.2 Å². The van der Waals surface area contributed by atoms with E-state index in [2.05, 4.69) is 49.8 Å². The highest BCUT2D eigenvalue weighted by Crippen LogP contribution is 2.28. The van der Waals surface area contributed by atoms with Gasteiger partial charge in [0.05, 0.1) is 11.6 Å². The Balaban J connectivity index is 1.27. The molecule has 5 rings (SSSR count). The smallest absolute Gasteiger partial charge is 0.240 e. The quantitative estimate of drug-likeness (QED) is 0.775. The standard InChI is InChI=1S/C23H31N5O2/c1-17-4-2-5-19-21(17)24-16-25-22(19)27-12-10-26(11-13-27)20-6-3-9-28(23(20)29)18-7-14-30-15-8-18/h2,4-5,16,18,20H,3,6-15H2,1H3/t20-/m0/s1. The Morgan fingerprint density at radius 3 is 2.60 bits per heavy atom. The average molecular weight is 410 g/mol. The summed E-state index contributed by atoms with van der Waals surface area (Å²) in [6.45, 7) is 8.14. The van der Waals surface area contributed by atoms with Gasteiger partial charge in [-0.1, -0.05) is 12.1 Å². The third-order valence-corrected chi connectivity index (χ3v) is 6.98. The molecule has 3 aliphatic rings. The number of piperidine rings is 1. The fraction of sp³-hybridized carbons (Fsp3) is 0.609. The van der Waals surface area contributed by atoms with E-state index >= 15 is 0 Å². The van der Waals surface area contributed by atoms with E-state index in [0.29, 0.717) is 11.9 Å². The second-order valence-corrected chi connectivity index (χ2v) is 8.72. The van der Waals surface area contributed by atoms with E-state index in [1.165, 1.54) is 5.56 Å². The number of nitrogens with zero attached hydrogens (tertiary/aromatic N) is 5. The Morgan fingerprint density at radius 1 is 1.00 bits per heavy atom. The Kier molecular flexibility index (Phi) is 5.56. The normalized spacial score (nSPS) is 24.6. The van der Waals surface area contributed by atoms with Crippen LogP contribution in [0.2, 0.25) is 0 Å². The van der Waals surface area contributed by atoms with Gasteiger partial charge in [-0.05, 0) is 44.2 Å². The van der Waals surface area contributed by atoms with Crippen molar-refractivity contribution in [3.05, 3.63) is 30.1 Å². The molecule has 0 radical (unpaired) electrons. The van der Waals surface area contributed by atoms with E-state index in [9.17, 15) is 4.79 Å². The molecule has 7 heteroatoms. The maximum atomic E-state index is 13.3. The molecular weight excluding hydrogens is 378 g/mol. The molecule has 3 aliphatic heterocycles. The zero-order valence-electron chi connectivity index (χ0n) is 17.8. The number of amides is 1. The third kappa shape index (κ3) is 3.65. The number of ether oxygens (including phenoxy) is 1. The molecule has 0 spiro atoms. The molecule has 4 heterocycles. The molecule has 1 atom stereocenters. The van der Waals surface area contributed by atoms with Crippen LogP contribution in [0.15, 0.2) is 24.5 Å². The van der Waals surface area contributed by atoms with Crippen molar-refractivity contribution >= 4 is 22.6 Å². The fourth-order valence-electron chi connectivity index (χ4n) is 5.30.